The van der Waals surface area contributed by atoms with Gasteiger partial charge in [0.05, 0.1) is 11.5 Å². The third-order valence-corrected chi connectivity index (χ3v) is 3.61. The fourth-order valence-corrected chi connectivity index (χ4v) is 2.43. The Kier molecular flexibility index (Phi) is 5.19. The average molecular weight is 348 g/mol. The molecule has 0 unspecified atom stereocenters. The van der Waals surface area contributed by atoms with Gasteiger partial charge in [-0.1, -0.05) is 24.3 Å². The summed E-state index contributed by atoms with van der Waals surface area (Å²) < 4.78 is 1.79. The number of carbonyl (C=O) groups is 1. The molecule has 0 radical (unpaired) electrons. The lowest BCUT2D eigenvalue weighted by Gasteiger charge is -2.06. The van der Waals surface area contributed by atoms with E-state index in [1.807, 2.05) is 30.5 Å². The molecule has 1 N–H and O–H groups in total. The highest BCUT2D eigenvalue weighted by Crippen LogP contribution is 2.15. The van der Waals surface area contributed by atoms with E-state index in [2.05, 4.69) is 10.4 Å². The molecule has 0 aliphatic rings. The van der Waals surface area contributed by atoms with Crippen molar-refractivity contribution in [2.45, 2.75) is 6.54 Å². The quantitative estimate of drug-likeness (QED) is 0.419. The molecule has 1 heterocycles. The summed E-state index contributed by atoms with van der Waals surface area (Å²) in [5.74, 6) is -0.312. The van der Waals surface area contributed by atoms with E-state index in [9.17, 15) is 14.9 Å². The van der Waals surface area contributed by atoms with E-state index in [1.54, 1.807) is 29.1 Å². The number of aromatic nitrogens is 2. The summed E-state index contributed by atoms with van der Waals surface area (Å²) >= 11 is 0. The van der Waals surface area contributed by atoms with E-state index in [-0.39, 0.29) is 11.6 Å². The largest absolute Gasteiger partial charge is 0.323 e. The Hall–Kier alpha value is -3.74. The minimum atomic E-state index is -0.470. The summed E-state index contributed by atoms with van der Waals surface area (Å²) in [5.41, 5.74) is 2.25. The molecule has 0 atom stereocenters. The predicted molar refractivity (Wildman–Crippen MR) is 98.5 cm³/mol. The summed E-state index contributed by atoms with van der Waals surface area (Å²) in [6.07, 6.45) is 6.46. The fraction of sp³-hybridized carbons (Fsp3) is 0.0526. The van der Waals surface area contributed by atoms with Gasteiger partial charge in [0, 0.05) is 36.3 Å². The van der Waals surface area contributed by atoms with Crippen molar-refractivity contribution in [1.82, 2.24) is 9.78 Å². The second kappa shape index (κ2) is 7.89. The molecule has 1 aromatic heterocycles. The number of benzene rings is 2. The van der Waals surface area contributed by atoms with Crippen LogP contribution < -0.4 is 5.32 Å². The maximum absolute atomic E-state index is 12.1. The lowest BCUT2D eigenvalue weighted by molar-refractivity contribution is -0.384. The molecule has 0 fully saturated rings. The molecule has 7 nitrogen and oxygen atoms in total. The first kappa shape index (κ1) is 17.1. The van der Waals surface area contributed by atoms with Gasteiger partial charge in [-0.15, -0.1) is 0 Å². The number of non-ortho nitro benzene ring substituents is 1. The molecule has 0 bridgehead atoms. The number of nitrogens with one attached hydrogen (secondary N) is 1. The zero-order chi connectivity index (χ0) is 18.4. The number of rotatable bonds is 6. The molecule has 130 valence electrons. The van der Waals surface area contributed by atoms with Crippen LogP contribution in [0, 0.1) is 10.1 Å². The second-order valence-corrected chi connectivity index (χ2v) is 5.58. The van der Waals surface area contributed by atoms with Gasteiger partial charge >= 0.3 is 0 Å². The Labute approximate surface area is 149 Å². The minimum absolute atomic E-state index is 0.0149. The highest BCUT2D eigenvalue weighted by Gasteiger charge is 2.05. The zero-order valence-electron chi connectivity index (χ0n) is 13.8. The molecule has 0 saturated heterocycles. The molecular formula is C19H16N4O3. The van der Waals surface area contributed by atoms with E-state index >= 15 is 0 Å². The normalized spacial score (nSPS) is 10.8. The van der Waals surface area contributed by atoms with Crippen molar-refractivity contribution in [1.29, 1.82) is 0 Å². The summed E-state index contributed by atoms with van der Waals surface area (Å²) in [7, 11) is 0. The number of carbonyl (C=O) groups excluding carboxylic acids is 1. The molecule has 0 aliphatic carbocycles. The van der Waals surface area contributed by atoms with Crippen LogP contribution in [0.4, 0.5) is 11.4 Å². The Morgan fingerprint density at radius 2 is 2.04 bits per heavy atom. The monoisotopic (exact) mass is 348 g/mol. The number of hydrogen-bond acceptors (Lipinski definition) is 4. The van der Waals surface area contributed by atoms with Crippen molar-refractivity contribution in [2.75, 3.05) is 5.32 Å². The van der Waals surface area contributed by atoms with E-state index in [4.69, 9.17) is 0 Å². The van der Waals surface area contributed by atoms with E-state index < -0.39 is 4.92 Å². The summed E-state index contributed by atoms with van der Waals surface area (Å²) in [6, 6.07) is 15.4. The van der Waals surface area contributed by atoms with Gasteiger partial charge in [0.25, 0.3) is 5.69 Å². The van der Waals surface area contributed by atoms with E-state index in [1.165, 1.54) is 24.3 Å². The molecule has 2 aromatic carbocycles. The first-order chi connectivity index (χ1) is 12.6. The maximum Gasteiger partial charge on any atom is 0.270 e. The summed E-state index contributed by atoms with van der Waals surface area (Å²) in [5, 5.41) is 17.7. The standard InChI is InChI=1S/C19H16N4O3/c24-19(9-8-15-4-2-7-18(13-15)23(25)26)21-17-6-1-5-16(12-17)14-22-11-3-10-20-22/h1-13H,14H2,(H,21,24). The Morgan fingerprint density at radius 1 is 1.19 bits per heavy atom. The Balaban J connectivity index is 1.64. The maximum atomic E-state index is 12.1. The third kappa shape index (κ3) is 4.64. The van der Waals surface area contributed by atoms with Crippen LogP contribution in [0.5, 0.6) is 0 Å². The molecule has 0 aliphatic heterocycles. The number of nitro groups is 1. The van der Waals surface area contributed by atoms with Gasteiger partial charge in [-0.2, -0.15) is 5.10 Å². The van der Waals surface area contributed by atoms with Gasteiger partial charge in [0.1, 0.15) is 0 Å². The lowest BCUT2D eigenvalue weighted by atomic mass is 10.2. The number of hydrogen-bond donors (Lipinski definition) is 1. The van der Waals surface area contributed by atoms with Gasteiger partial charge in [-0.3, -0.25) is 19.6 Å². The topological polar surface area (TPSA) is 90.1 Å². The van der Waals surface area contributed by atoms with Gasteiger partial charge in [0.15, 0.2) is 0 Å². The molecular weight excluding hydrogens is 332 g/mol. The highest BCUT2D eigenvalue weighted by atomic mass is 16.6. The van der Waals surface area contributed by atoms with Crippen LogP contribution in [0.25, 0.3) is 6.08 Å². The molecule has 0 saturated carbocycles. The van der Waals surface area contributed by atoms with E-state index in [0.717, 1.165) is 5.56 Å². The first-order valence-corrected chi connectivity index (χ1v) is 7.90. The zero-order valence-corrected chi connectivity index (χ0v) is 13.8. The fourth-order valence-electron chi connectivity index (χ4n) is 2.43. The lowest BCUT2D eigenvalue weighted by Crippen LogP contribution is -2.08. The SMILES string of the molecule is O=C(C=Cc1cccc([N+](=O)[O-])c1)Nc1cccc(Cn2cccn2)c1. The van der Waals surface area contributed by atoms with Gasteiger partial charge in [0.2, 0.25) is 5.91 Å². The van der Waals surface area contributed by atoms with Crippen LogP contribution in [0.2, 0.25) is 0 Å². The van der Waals surface area contributed by atoms with Crippen LogP contribution in [0.1, 0.15) is 11.1 Å². The minimum Gasteiger partial charge on any atom is -0.323 e. The summed E-state index contributed by atoms with van der Waals surface area (Å²) in [4.78, 5) is 22.4. The van der Waals surface area contributed by atoms with Crippen LogP contribution >= 0.6 is 0 Å². The van der Waals surface area contributed by atoms with Gasteiger partial charge < -0.3 is 5.32 Å². The van der Waals surface area contributed by atoms with Crippen molar-refractivity contribution < 1.29 is 9.72 Å². The summed E-state index contributed by atoms with van der Waals surface area (Å²) in [6.45, 7) is 0.611. The van der Waals surface area contributed by atoms with Crippen LogP contribution in [-0.2, 0) is 11.3 Å². The van der Waals surface area contributed by atoms with Crippen LogP contribution in [0.15, 0.2) is 73.1 Å². The van der Waals surface area contributed by atoms with Crippen LogP contribution in [0.3, 0.4) is 0 Å². The molecule has 3 aromatic rings. The number of nitrogens with zero attached hydrogens (tertiary/aromatic N) is 3. The predicted octanol–water partition coefficient (Wildman–Crippen LogP) is 3.49. The van der Waals surface area contributed by atoms with Gasteiger partial charge in [-0.25, -0.2) is 0 Å². The molecule has 3 rings (SSSR count). The molecule has 1 amide bonds. The van der Waals surface area contributed by atoms with Crippen molar-refractivity contribution in [3.05, 3.63) is 94.3 Å². The van der Waals surface area contributed by atoms with Crippen molar-refractivity contribution in [3.8, 4) is 0 Å². The number of anilines is 1. The Bertz CT molecular complexity index is 949. The van der Waals surface area contributed by atoms with Crippen molar-refractivity contribution in [2.24, 2.45) is 0 Å². The third-order valence-electron chi connectivity index (χ3n) is 3.61. The van der Waals surface area contributed by atoms with Crippen molar-refractivity contribution in [3.63, 3.8) is 0 Å². The van der Waals surface area contributed by atoms with E-state index in [0.29, 0.717) is 17.8 Å². The van der Waals surface area contributed by atoms with Gasteiger partial charge in [-0.05, 0) is 35.4 Å². The van der Waals surface area contributed by atoms with Crippen LogP contribution in [-0.4, -0.2) is 20.6 Å². The Morgan fingerprint density at radius 3 is 2.81 bits per heavy atom. The number of amides is 1. The molecule has 26 heavy (non-hydrogen) atoms. The van der Waals surface area contributed by atoms with Crippen molar-refractivity contribution >= 4 is 23.4 Å². The number of nitro benzene ring substituents is 1. The second-order valence-electron chi connectivity index (χ2n) is 5.58. The smallest absolute Gasteiger partial charge is 0.270 e. The first-order valence-electron chi connectivity index (χ1n) is 7.90. The molecule has 0 spiro atoms. The average Bonchev–Trinajstić information content (AvgIpc) is 3.13. The highest BCUT2D eigenvalue weighted by molar-refractivity contribution is 6.02. The molecule has 7 heteroatoms.